The van der Waals surface area contributed by atoms with Crippen molar-refractivity contribution in [3.8, 4) is 67.5 Å². The molecule has 0 fully saturated rings. The molecule has 2 heterocycles. The van der Waals surface area contributed by atoms with Crippen LogP contribution < -0.4 is 0 Å². The minimum absolute atomic E-state index is 0.103. The van der Waals surface area contributed by atoms with Gasteiger partial charge in [-0.3, -0.25) is 9.55 Å². The number of hydrogen-bond donors (Lipinski definition) is 1. The van der Waals surface area contributed by atoms with Gasteiger partial charge in [-0.25, -0.2) is 4.98 Å². The van der Waals surface area contributed by atoms with Crippen LogP contribution in [0.3, 0.4) is 0 Å². The summed E-state index contributed by atoms with van der Waals surface area (Å²) >= 11 is 0. The molecule has 0 aliphatic rings. The lowest BCUT2D eigenvalue weighted by Gasteiger charge is -2.22. The molecular formula is C55H55N3O. The molecule has 0 atom stereocenters. The first-order valence-corrected chi connectivity index (χ1v) is 20.7. The summed E-state index contributed by atoms with van der Waals surface area (Å²) in [5.74, 6) is 1.28. The van der Waals surface area contributed by atoms with Gasteiger partial charge in [-0.05, 0) is 142 Å². The molecule has 0 spiro atoms. The summed E-state index contributed by atoms with van der Waals surface area (Å²) in [6.07, 6.45) is 1.82. The molecule has 296 valence electrons. The topological polar surface area (TPSA) is 50.9 Å². The normalized spacial score (nSPS) is 12.9. The Morgan fingerprint density at radius 1 is 0.644 bits per heavy atom. The number of nitrogens with zero attached hydrogens (tertiary/aromatic N) is 3. The summed E-state index contributed by atoms with van der Waals surface area (Å²) < 4.78 is 25.7. The lowest BCUT2D eigenvalue weighted by Crippen LogP contribution is -2.11. The Hall–Kier alpha value is -6.26. The lowest BCUT2D eigenvalue weighted by molar-refractivity contribution is 0.466. The second kappa shape index (κ2) is 15.5. The number of fused-ring (bicyclic) bond motifs is 1. The molecule has 0 aliphatic heterocycles. The number of aromatic nitrogens is 3. The smallest absolute Gasteiger partial charge is 0.149 e. The molecule has 1 N–H and O–H groups in total. The number of hydrogen-bond acceptors (Lipinski definition) is 3. The predicted octanol–water partition coefficient (Wildman–Crippen LogP) is 14.9. The van der Waals surface area contributed by atoms with E-state index in [0.29, 0.717) is 17.0 Å². The molecule has 0 aliphatic carbocycles. The first-order chi connectivity index (χ1) is 29.4. The van der Waals surface area contributed by atoms with Crippen molar-refractivity contribution in [2.45, 2.75) is 86.4 Å². The maximum atomic E-state index is 12.2. The number of phenols is 1. The Labute approximate surface area is 354 Å². The highest BCUT2D eigenvalue weighted by atomic mass is 16.3. The molecule has 0 amide bonds. The Morgan fingerprint density at radius 3 is 2.08 bits per heavy atom. The van der Waals surface area contributed by atoms with Gasteiger partial charge in [0.2, 0.25) is 0 Å². The molecule has 59 heavy (non-hydrogen) atoms. The number of aromatic hydroxyl groups is 1. The second-order valence-corrected chi connectivity index (χ2v) is 17.6. The van der Waals surface area contributed by atoms with Gasteiger partial charge in [-0.15, -0.1) is 0 Å². The van der Waals surface area contributed by atoms with Crippen molar-refractivity contribution in [1.29, 1.82) is 0 Å². The zero-order chi connectivity index (χ0) is 44.2. The molecule has 8 aromatic rings. The SMILES string of the molecule is [2H]C([2H])([2H])c1ccc(-c2ccnc(-c3cc(-c4cccc5c4nc(-c4cc(C(C)C)cc(C(C)C)c4O)n5-c4cc(C)c(C)c(-c5ccccc5)c4)cc(C(C)(C)C)c3)c2)cc1. The quantitative estimate of drug-likeness (QED) is 0.167. The number of para-hydroxylation sites is 1. The van der Waals surface area contributed by atoms with E-state index in [-0.39, 0.29) is 23.0 Å². The Kier molecular flexibility index (Phi) is 9.42. The van der Waals surface area contributed by atoms with Crippen molar-refractivity contribution in [3.63, 3.8) is 0 Å². The average Bonchev–Trinajstić information content (AvgIpc) is 3.64. The van der Waals surface area contributed by atoms with Crippen molar-refractivity contribution < 1.29 is 9.22 Å². The molecule has 0 saturated heterocycles. The van der Waals surface area contributed by atoms with E-state index >= 15 is 0 Å². The summed E-state index contributed by atoms with van der Waals surface area (Å²) in [4.78, 5) is 10.4. The van der Waals surface area contributed by atoms with E-state index in [1.807, 2.05) is 30.5 Å². The zero-order valence-electron chi connectivity index (χ0n) is 38.6. The highest BCUT2D eigenvalue weighted by Gasteiger charge is 2.25. The van der Waals surface area contributed by atoms with Gasteiger partial charge in [-0.1, -0.05) is 133 Å². The number of pyridine rings is 1. The Bertz CT molecular complexity index is 2950. The molecule has 0 saturated carbocycles. The monoisotopic (exact) mass is 776 g/mol. The molecular weight excluding hydrogens is 719 g/mol. The highest BCUT2D eigenvalue weighted by Crippen LogP contribution is 2.44. The van der Waals surface area contributed by atoms with Crippen molar-refractivity contribution >= 4 is 11.0 Å². The molecule has 4 heteroatoms. The summed E-state index contributed by atoms with van der Waals surface area (Å²) in [5.41, 5.74) is 17.1. The van der Waals surface area contributed by atoms with E-state index in [9.17, 15) is 5.11 Å². The van der Waals surface area contributed by atoms with Crippen LogP contribution >= 0.6 is 0 Å². The molecule has 4 nitrogen and oxygen atoms in total. The van der Waals surface area contributed by atoms with E-state index in [1.54, 1.807) is 12.1 Å². The van der Waals surface area contributed by atoms with Crippen molar-refractivity contribution in [2.75, 3.05) is 0 Å². The largest absolute Gasteiger partial charge is 0.507 e. The van der Waals surface area contributed by atoms with Crippen LogP contribution in [0.1, 0.15) is 97.8 Å². The van der Waals surface area contributed by atoms with E-state index in [2.05, 4.69) is 158 Å². The van der Waals surface area contributed by atoms with Crippen LogP contribution in [0.5, 0.6) is 5.75 Å². The van der Waals surface area contributed by atoms with Crippen LogP contribution in [0.2, 0.25) is 0 Å². The van der Waals surface area contributed by atoms with Gasteiger partial charge in [0.15, 0.2) is 0 Å². The molecule has 2 aromatic heterocycles. The van der Waals surface area contributed by atoms with E-state index in [4.69, 9.17) is 14.1 Å². The van der Waals surface area contributed by atoms with Gasteiger partial charge in [0.05, 0.1) is 22.3 Å². The maximum absolute atomic E-state index is 12.2. The first-order valence-electron chi connectivity index (χ1n) is 22.2. The molecule has 0 bridgehead atoms. The van der Waals surface area contributed by atoms with E-state index in [1.165, 1.54) is 11.1 Å². The standard InChI is InChI=1S/C55H55N3O/c1-33(2)41-29-47(34(3)4)53(59)49(30-41)54-57-52-46(17-14-18-51(52)58(54)45-25-36(6)37(7)48(32-45)39-15-12-11-13-16-39)42-26-43(28-44(27-42)55(8,9)10)50-31-40(23-24-56-50)38-21-19-35(5)20-22-38/h11-34,59H,1-10H3/i5D3. The fourth-order valence-corrected chi connectivity index (χ4v) is 8.08. The average molecular weight is 777 g/mol. The van der Waals surface area contributed by atoms with Crippen LogP contribution in [0, 0.1) is 20.7 Å². The number of rotatable bonds is 8. The second-order valence-electron chi connectivity index (χ2n) is 17.6. The van der Waals surface area contributed by atoms with E-state index < -0.39 is 6.85 Å². The van der Waals surface area contributed by atoms with Crippen LogP contribution in [-0.4, -0.2) is 19.6 Å². The summed E-state index contributed by atoms with van der Waals surface area (Å²) in [6.45, 7) is 17.5. The minimum atomic E-state index is -2.16. The number of phenolic OH excluding ortho intramolecular Hbond substituents is 1. The van der Waals surface area contributed by atoms with Gasteiger partial charge >= 0.3 is 0 Å². The van der Waals surface area contributed by atoms with Crippen LogP contribution in [0.4, 0.5) is 0 Å². The van der Waals surface area contributed by atoms with Crippen LogP contribution in [-0.2, 0) is 5.41 Å². The fourth-order valence-electron chi connectivity index (χ4n) is 8.08. The van der Waals surface area contributed by atoms with Gasteiger partial charge in [0, 0.05) is 27.1 Å². The van der Waals surface area contributed by atoms with Gasteiger partial charge in [-0.2, -0.15) is 0 Å². The zero-order valence-corrected chi connectivity index (χ0v) is 35.6. The number of imidazole rings is 1. The molecule has 0 radical (unpaired) electrons. The molecule has 6 aromatic carbocycles. The maximum Gasteiger partial charge on any atom is 0.149 e. The minimum Gasteiger partial charge on any atom is -0.507 e. The van der Waals surface area contributed by atoms with Gasteiger partial charge in [0.25, 0.3) is 0 Å². The van der Waals surface area contributed by atoms with Crippen LogP contribution in [0.25, 0.3) is 72.7 Å². The summed E-state index contributed by atoms with van der Waals surface area (Å²) in [5, 5.41) is 12.2. The lowest BCUT2D eigenvalue weighted by atomic mass is 9.83. The number of benzene rings is 6. The fraction of sp³-hybridized carbons (Fsp3) is 0.236. The molecule has 0 unspecified atom stereocenters. The summed E-state index contributed by atoms with van der Waals surface area (Å²) in [6, 6.07) is 43.5. The third-order valence-corrected chi connectivity index (χ3v) is 11.8. The van der Waals surface area contributed by atoms with E-state index in [0.717, 1.165) is 78.0 Å². The molecule has 8 rings (SSSR count). The van der Waals surface area contributed by atoms with Crippen molar-refractivity contribution in [3.05, 3.63) is 167 Å². The first kappa shape index (κ1) is 35.9. The highest BCUT2D eigenvalue weighted by molar-refractivity contribution is 5.97. The van der Waals surface area contributed by atoms with Crippen LogP contribution in [0.15, 0.2) is 134 Å². The Morgan fingerprint density at radius 2 is 1.39 bits per heavy atom. The third kappa shape index (κ3) is 7.60. The van der Waals surface area contributed by atoms with Crippen molar-refractivity contribution in [2.24, 2.45) is 0 Å². The number of aryl methyl sites for hydroxylation is 2. The van der Waals surface area contributed by atoms with Gasteiger partial charge in [0.1, 0.15) is 11.6 Å². The van der Waals surface area contributed by atoms with Gasteiger partial charge < -0.3 is 5.11 Å². The van der Waals surface area contributed by atoms with Crippen molar-refractivity contribution in [1.82, 2.24) is 14.5 Å². The third-order valence-electron chi connectivity index (χ3n) is 11.8. The summed E-state index contributed by atoms with van der Waals surface area (Å²) in [7, 11) is 0. The predicted molar refractivity (Wildman–Crippen MR) is 249 cm³/mol. The Balaban J connectivity index is 1.38.